The van der Waals surface area contributed by atoms with Crippen LogP contribution >= 0.6 is 0 Å². The average Bonchev–Trinajstić information content (AvgIpc) is 2.94. The van der Waals surface area contributed by atoms with E-state index in [-0.39, 0.29) is 5.75 Å². The van der Waals surface area contributed by atoms with E-state index in [1.54, 1.807) is 18.3 Å². The second kappa shape index (κ2) is 5.71. The summed E-state index contributed by atoms with van der Waals surface area (Å²) in [5, 5.41) is 13.9. The monoisotopic (exact) mass is 280 g/mol. The minimum atomic E-state index is 0.213. The molecule has 0 aliphatic heterocycles. The van der Waals surface area contributed by atoms with Crippen molar-refractivity contribution in [3.8, 4) is 17.2 Å². The Morgan fingerprint density at radius 3 is 2.71 bits per heavy atom. The van der Waals surface area contributed by atoms with E-state index >= 15 is 0 Å². The molecule has 0 unspecified atom stereocenters. The summed E-state index contributed by atoms with van der Waals surface area (Å²) in [6, 6.07) is 15.1. The third-order valence-corrected chi connectivity index (χ3v) is 3.10. The molecule has 21 heavy (non-hydrogen) atoms. The van der Waals surface area contributed by atoms with Crippen LogP contribution in [0.2, 0.25) is 0 Å². The summed E-state index contributed by atoms with van der Waals surface area (Å²) >= 11 is 0. The fraction of sp³-hybridized carbons (Fsp3) is 0.118. The minimum Gasteiger partial charge on any atom is -0.508 e. The summed E-state index contributed by atoms with van der Waals surface area (Å²) in [6.07, 6.45) is 3.72. The van der Waals surface area contributed by atoms with Crippen LogP contribution in [0.15, 0.2) is 60.9 Å². The number of benzene rings is 2. The number of ether oxygens (including phenoxy) is 1. The Labute approximate surface area is 123 Å². The van der Waals surface area contributed by atoms with E-state index in [2.05, 4.69) is 5.10 Å². The molecule has 106 valence electrons. The molecule has 1 heterocycles. The largest absolute Gasteiger partial charge is 0.508 e. The van der Waals surface area contributed by atoms with Crippen molar-refractivity contribution in [3.05, 3.63) is 72.1 Å². The molecule has 0 aliphatic rings. The molecule has 1 aromatic heterocycles. The van der Waals surface area contributed by atoms with E-state index in [0.717, 1.165) is 16.8 Å². The van der Waals surface area contributed by atoms with E-state index < -0.39 is 0 Å². The first-order chi connectivity index (χ1) is 10.2. The van der Waals surface area contributed by atoms with Crippen molar-refractivity contribution in [1.82, 2.24) is 9.78 Å². The lowest BCUT2D eigenvalue weighted by molar-refractivity contribution is 0.304. The minimum absolute atomic E-state index is 0.213. The van der Waals surface area contributed by atoms with Crippen molar-refractivity contribution < 1.29 is 9.84 Å². The summed E-state index contributed by atoms with van der Waals surface area (Å²) in [5.74, 6) is 0.866. The van der Waals surface area contributed by atoms with Crippen molar-refractivity contribution >= 4 is 0 Å². The molecule has 3 rings (SSSR count). The van der Waals surface area contributed by atoms with Crippen LogP contribution < -0.4 is 4.74 Å². The Kier molecular flexibility index (Phi) is 3.60. The molecule has 0 saturated heterocycles. The number of nitrogens with zero attached hydrogens (tertiary/aromatic N) is 2. The number of rotatable bonds is 4. The average molecular weight is 280 g/mol. The van der Waals surface area contributed by atoms with Crippen LogP contribution in [0, 0.1) is 6.92 Å². The molecule has 1 N–H and O–H groups in total. The maximum atomic E-state index is 9.55. The van der Waals surface area contributed by atoms with Crippen LogP contribution in [0.1, 0.15) is 11.1 Å². The molecule has 2 aromatic carbocycles. The van der Waals surface area contributed by atoms with Crippen molar-refractivity contribution in [1.29, 1.82) is 0 Å². The van der Waals surface area contributed by atoms with Crippen LogP contribution in [0.3, 0.4) is 0 Å². The van der Waals surface area contributed by atoms with Crippen molar-refractivity contribution in [2.24, 2.45) is 0 Å². The normalized spacial score (nSPS) is 10.5. The van der Waals surface area contributed by atoms with Crippen molar-refractivity contribution in [2.45, 2.75) is 13.5 Å². The molecule has 0 radical (unpaired) electrons. The zero-order chi connectivity index (χ0) is 14.7. The SMILES string of the molecule is Cc1cc(O)cc(OCc2cnn(-c3ccccc3)c2)c1. The van der Waals surface area contributed by atoms with Gasteiger partial charge < -0.3 is 9.84 Å². The van der Waals surface area contributed by atoms with Gasteiger partial charge in [-0.15, -0.1) is 0 Å². The highest BCUT2D eigenvalue weighted by Gasteiger charge is 2.03. The summed E-state index contributed by atoms with van der Waals surface area (Å²) in [7, 11) is 0. The van der Waals surface area contributed by atoms with Gasteiger partial charge in [-0.1, -0.05) is 18.2 Å². The zero-order valence-corrected chi connectivity index (χ0v) is 11.7. The number of phenolic OH excluding ortho intramolecular Hbond substituents is 1. The Morgan fingerprint density at radius 1 is 1.14 bits per heavy atom. The van der Waals surface area contributed by atoms with E-state index in [9.17, 15) is 5.11 Å². The molecule has 3 aromatic rings. The van der Waals surface area contributed by atoms with Gasteiger partial charge in [-0.25, -0.2) is 4.68 Å². The third-order valence-electron chi connectivity index (χ3n) is 3.10. The first kappa shape index (κ1) is 13.2. The van der Waals surface area contributed by atoms with Gasteiger partial charge in [0.1, 0.15) is 18.1 Å². The first-order valence-electron chi connectivity index (χ1n) is 6.73. The topological polar surface area (TPSA) is 47.3 Å². The van der Waals surface area contributed by atoms with E-state index in [1.165, 1.54) is 0 Å². The molecule has 0 aliphatic carbocycles. The summed E-state index contributed by atoms with van der Waals surface area (Å²) in [6.45, 7) is 2.33. The molecule has 0 fully saturated rings. The third kappa shape index (κ3) is 3.23. The number of para-hydroxylation sites is 1. The van der Waals surface area contributed by atoms with Crippen molar-refractivity contribution in [3.63, 3.8) is 0 Å². The molecule has 0 saturated carbocycles. The second-order valence-corrected chi connectivity index (χ2v) is 4.92. The lowest BCUT2D eigenvalue weighted by Gasteiger charge is -2.06. The van der Waals surface area contributed by atoms with Gasteiger partial charge in [0.25, 0.3) is 0 Å². The molecule has 0 bridgehead atoms. The van der Waals surface area contributed by atoms with Crippen LogP contribution in [0.5, 0.6) is 11.5 Å². The Balaban J connectivity index is 1.70. The highest BCUT2D eigenvalue weighted by atomic mass is 16.5. The van der Waals surface area contributed by atoms with Gasteiger partial charge in [-0.3, -0.25) is 0 Å². The number of phenols is 1. The van der Waals surface area contributed by atoms with Gasteiger partial charge >= 0.3 is 0 Å². The number of hydrogen-bond acceptors (Lipinski definition) is 3. The molecule has 0 spiro atoms. The van der Waals surface area contributed by atoms with Gasteiger partial charge in [0.15, 0.2) is 0 Å². The summed E-state index contributed by atoms with van der Waals surface area (Å²) < 4.78 is 7.50. The standard InChI is InChI=1S/C17H16N2O2/c1-13-7-16(20)9-17(8-13)21-12-14-10-18-19(11-14)15-5-3-2-4-6-15/h2-11,20H,12H2,1H3. The predicted octanol–water partition coefficient (Wildman–Crippen LogP) is 3.47. The quantitative estimate of drug-likeness (QED) is 0.796. The number of hydrogen-bond donors (Lipinski definition) is 1. The molecule has 4 heteroatoms. The van der Waals surface area contributed by atoms with Crippen LogP contribution in [-0.4, -0.2) is 14.9 Å². The fourth-order valence-electron chi connectivity index (χ4n) is 2.13. The molecule has 4 nitrogen and oxygen atoms in total. The van der Waals surface area contributed by atoms with Gasteiger partial charge in [0.2, 0.25) is 0 Å². The van der Waals surface area contributed by atoms with E-state index in [4.69, 9.17) is 4.74 Å². The molecule has 0 atom stereocenters. The summed E-state index contributed by atoms with van der Waals surface area (Å²) in [4.78, 5) is 0. The fourth-order valence-corrected chi connectivity index (χ4v) is 2.13. The van der Waals surface area contributed by atoms with Crippen LogP contribution in [0.25, 0.3) is 5.69 Å². The Bertz CT molecular complexity index is 715. The van der Waals surface area contributed by atoms with Gasteiger partial charge in [0, 0.05) is 17.8 Å². The smallest absolute Gasteiger partial charge is 0.123 e. The van der Waals surface area contributed by atoms with Gasteiger partial charge in [-0.2, -0.15) is 5.10 Å². The Morgan fingerprint density at radius 2 is 1.95 bits per heavy atom. The Hall–Kier alpha value is -2.75. The van der Waals surface area contributed by atoms with Crippen LogP contribution in [0.4, 0.5) is 0 Å². The highest BCUT2D eigenvalue weighted by molar-refractivity contribution is 5.37. The highest BCUT2D eigenvalue weighted by Crippen LogP contribution is 2.22. The first-order valence-corrected chi connectivity index (χ1v) is 6.73. The maximum Gasteiger partial charge on any atom is 0.123 e. The maximum absolute atomic E-state index is 9.55. The predicted molar refractivity (Wildman–Crippen MR) is 80.7 cm³/mol. The van der Waals surface area contributed by atoms with Gasteiger partial charge in [0.05, 0.1) is 11.9 Å². The van der Waals surface area contributed by atoms with E-state index in [0.29, 0.717) is 12.4 Å². The number of aromatic hydroxyl groups is 1. The second-order valence-electron chi connectivity index (χ2n) is 4.92. The number of aryl methyl sites for hydroxylation is 1. The summed E-state index contributed by atoms with van der Waals surface area (Å²) in [5.41, 5.74) is 2.95. The van der Waals surface area contributed by atoms with Gasteiger partial charge in [-0.05, 0) is 36.8 Å². The van der Waals surface area contributed by atoms with Crippen molar-refractivity contribution in [2.75, 3.05) is 0 Å². The molecule has 0 amide bonds. The zero-order valence-electron chi connectivity index (χ0n) is 11.7. The lowest BCUT2D eigenvalue weighted by Crippen LogP contribution is -1.95. The van der Waals surface area contributed by atoms with E-state index in [1.807, 2.05) is 54.2 Å². The number of aromatic nitrogens is 2. The van der Waals surface area contributed by atoms with Crippen LogP contribution in [-0.2, 0) is 6.61 Å². The lowest BCUT2D eigenvalue weighted by atomic mass is 10.2. The molecular formula is C17H16N2O2. The molecular weight excluding hydrogens is 264 g/mol.